The molecule has 0 amide bonds. The van der Waals surface area contributed by atoms with Crippen LogP contribution < -0.4 is 10.9 Å². The summed E-state index contributed by atoms with van der Waals surface area (Å²) in [6.07, 6.45) is 10.3. The smallest absolute Gasteiger partial charge is 0.333 e. The molecule has 3 aliphatic rings. The van der Waals surface area contributed by atoms with E-state index in [-0.39, 0.29) is 11.7 Å². The number of hydrogen-bond donors (Lipinski definition) is 2. The van der Waals surface area contributed by atoms with Crippen LogP contribution in [0.4, 0.5) is 0 Å². The Bertz CT molecular complexity index is 835. The Morgan fingerprint density at radius 2 is 2.04 bits per heavy atom. The minimum absolute atomic E-state index is 0.0315. The van der Waals surface area contributed by atoms with Crippen molar-refractivity contribution in [1.29, 1.82) is 0 Å². The number of nitrogens with zero attached hydrogens (tertiary/aromatic N) is 1. The number of aryl methyl sites for hydroxylation is 1. The van der Waals surface area contributed by atoms with Gasteiger partial charge in [0.05, 0.1) is 18.2 Å². The molecular formula is C21H28N2O4. The predicted molar refractivity (Wildman–Crippen MR) is 103 cm³/mol. The van der Waals surface area contributed by atoms with Gasteiger partial charge in [0.2, 0.25) is 0 Å². The minimum Gasteiger partial charge on any atom is -0.479 e. The topological polar surface area (TPSA) is 80.6 Å². The van der Waals surface area contributed by atoms with Crippen LogP contribution in [0.3, 0.4) is 0 Å². The van der Waals surface area contributed by atoms with Crippen LogP contribution in [0.2, 0.25) is 0 Å². The van der Waals surface area contributed by atoms with Gasteiger partial charge in [0.25, 0.3) is 5.56 Å². The Kier molecular flexibility index (Phi) is 4.84. The van der Waals surface area contributed by atoms with Crippen molar-refractivity contribution in [3.8, 4) is 0 Å². The minimum atomic E-state index is -1.09. The molecule has 2 N–H and O–H groups in total. The molecule has 0 spiro atoms. The van der Waals surface area contributed by atoms with Crippen molar-refractivity contribution in [3.05, 3.63) is 39.3 Å². The fourth-order valence-electron chi connectivity index (χ4n) is 4.44. The van der Waals surface area contributed by atoms with E-state index in [2.05, 4.69) is 5.32 Å². The quantitative estimate of drug-likeness (QED) is 0.849. The average molecular weight is 372 g/mol. The first-order valence-electron chi connectivity index (χ1n) is 10.1. The monoisotopic (exact) mass is 372 g/mol. The van der Waals surface area contributed by atoms with Gasteiger partial charge >= 0.3 is 5.97 Å². The van der Waals surface area contributed by atoms with Crippen molar-refractivity contribution in [1.82, 2.24) is 9.88 Å². The number of carboxylic acid groups (broad SMARTS) is 1. The molecular weight excluding hydrogens is 344 g/mol. The zero-order valence-corrected chi connectivity index (χ0v) is 15.9. The standard InChI is InChI=1S/C21H28N2O4/c1-21(20(25)26)12-17(22-21)16-11-14-7-4-2-3-5-9-18(14)23(19(16)24)13-15-8-6-10-27-15/h11-12,15,22H,2-10,13H2,1H3,(H,25,26). The molecule has 0 bridgehead atoms. The molecule has 146 valence electrons. The molecule has 0 aromatic carbocycles. The summed E-state index contributed by atoms with van der Waals surface area (Å²) in [6, 6.07) is 2.00. The van der Waals surface area contributed by atoms with E-state index in [1.807, 2.05) is 10.6 Å². The lowest BCUT2D eigenvalue weighted by molar-refractivity contribution is -0.142. The van der Waals surface area contributed by atoms with Gasteiger partial charge in [0, 0.05) is 18.0 Å². The number of carbonyl (C=O) groups is 1. The van der Waals surface area contributed by atoms with Gasteiger partial charge in [-0.3, -0.25) is 4.79 Å². The molecule has 2 aliphatic heterocycles. The summed E-state index contributed by atoms with van der Waals surface area (Å²) in [6.45, 7) is 2.97. The molecule has 6 heteroatoms. The number of aromatic nitrogens is 1. The summed E-state index contributed by atoms with van der Waals surface area (Å²) < 4.78 is 7.72. The Balaban J connectivity index is 1.77. The van der Waals surface area contributed by atoms with E-state index in [9.17, 15) is 14.7 Å². The second-order valence-corrected chi connectivity index (χ2v) is 8.19. The van der Waals surface area contributed by atoms with Gasteiger partial charge in [-0.2, -0.15) is 0 Å². The van der Waals surface area contributed by atoms with Crippen molar-refractivity contribution in [2.45, 2.75) is 76.5 Å². The molecule has 1 fully saturated rings. The fourth-order valence-corrected chi connectivity index (χ4v) is 4.44. The number of fused-ring (bicyclic) bond motifs is 1. The average Bonchev–Trinajstić information content (AvgIpc) is 3.09. The zero-order chi connectivity index (χ0) is 19.0. The van der Waals surface area contributed by atoms with E-state index < -0.39 is 11.5 Å². The Morgan fingerprint density at radius 3 is 2.70 bits per heavy atom. The van der Waals surface area contributed by atoms with Crippen LogP contribution in [0.25, 0.3) is 5.70 Å². The van der Waals surface area contributed by atoms with Crippen molar-refractivity contribution >= 4 is 11.7 Å². The Labute approximate surface area is 159 Å². The highest BCUT2D eigenvalue weighted by atomic mass is 16.5. The van der Waals surface area contributed by atoms with Crippen LogP contribution in [0.5, 0.6) is 0 Å². The highest BCUT2D eigenvalue weighted by Crippen LogP contribution is 2.29. The molecule has 1 aromatic rings. The summed E-state index contributed by atoms with van der Waals surface area (Å²) in [4.78, 5) is 24.7. The number of rotatable bonds is 4. The maximum atomic E-state index is 13.3. The van der Waals surface area contributed by atoms with E-state index >= 15 is 0 Å². The molecule has 1 aromatic heterocycles. The molecule has 1 saturated heterocycles. The molecule has 0 saturated carbocycles. The number of ether oxygens (including phenoxy) is 1. The largest absolute Gasteiger partial charge is 0.479 e. The summed E-state index contributed by atoms with van der Waals surface area (Å²) in [5.74, 6) is -0.933. The van der Waals surface area contributed by atoms with E-state index in [4.69, 9.17) is 4.74 Å². The van der Waals surface area contributed by atoms with Crippen molar-refractivity contribution in [3.63, 3.8) is 0 Å². The summed E-state index contributed by atoms with van der Waals surface area (Å²) in [7, 11) is 0. The molecule has 27 heavy (non-hydrogen) atoms. The Morgan fingerprint density at radius 1 is 1.30 bits per heavy atom. The van der Waals surface area contributed by atoms with Crippen LogP contribution in [-0.4, -0.2) is 33.9 Å². The second-order valence-electron chi connectivity index (χ2n) is 8.19. The third-order valence-electron chi connectivity index (χ3n) is 6.07. The Hall–Kier alpha value is -2.08. The van der Waals surface area contributed by atoms with E-state index in [1.54, 1.807) is 13.0 Å². The number of pyridine rings is 1. The van der Waals surface area contributed by atoms with E-state index in [1.165, 1.54) is 18.4 Å². The van der Waals surface area contributed by atoms with Crippen LogP contribution in [0, 0.1) is 0 Å². The maximum Gasteiger partial charge on any atom is 0.333 e. The van der Waals surface area contributed by atoms with Crippen molar-refractivity contribution in [2.24, 2.45) is 0 Å². The number of aliphatic carboxylic acids is 1. The first-order chi connectivity index (χ1) is 13.0. The zero-order valence-electron chi connectivity index (χ0n) is 15.9. The van der Waals surface area contributed by atoms with Crippen LogP contribution in [-0.2, 0) is 28.9 Å². The lowest BCUT2D eigenvalue weighted by atomic mass is 9.88. The summed E-state index contributed by atoms with van der Waals surface area (Å²) >= 11 is 0. The first kappa shape index (κ1) is 18.3. The van der Waals surface area contributed by atoms with E-state index in [0.29, 0.717) is 17.8 Å². The van der Waals surface area contributed by atoms with Crippen LogP contribution in [0.1, 0.15) is 62.3 Å². The van der Waals surface area contributed by atoms with Crippen molar-refractivity contribution in [2.75, 3.05) is 6.61 Å². The normalized spacial score (nSPS) is 27.6. The molecule has 2 atom stereocenters. The SMILES string of the molecule is CC1(C(=O)O)C=C(c2cc3c(n(CC4CCCO4)c2=O)CCCCCC3)N1. The third-order valence-corrected chi connectivity index (χ3v) is 6.07. The van der Waals surface area contributed by atoms with Gasteiger partial charge in [-0.25, -0.2) is 4.79 Å². The molecule has 2 unspecified atom stereocenters. The fraction of sp³-hybridized carbons (Fsp3) is 0.619. The molecule has 1 aliphatic carbocycles. The molecule has 4 rings (SSSR count). The predicted octanol–water partition coefficient (Wildman–Crippen LogP) is 2.47. The lowest BCUT2D eigenvalue weighted by Crippen LogP contribution is -2.54. The number of hydrogen-bond acceptors (Lipinski definition) is 4. The maximum absolute atomic E-state index is 13.3. The lowest BCUT2D eigenvalue weighted by Gasteiger charge is -2.35. The highest BCUT2D eigenvalue weighted by Gasteiger charge is 2.40. The highest BCUT2D eigenvalue weighted by molar-refractivity contribution is 5.91. The second kappa shape index (κ2) is 7.15. The number of carboxylic acids is 1. The van der Waals surface area contributed by atoms with Gasteiger partial charge in [0.15, 0.2) is 5.54 Å². The summed E-state index contributed by atoms with van der Waals surface area (Å²) in [5, 5.41) is 12.3. The van der Waals surface area contributed by atoms with Gasteiger partial charge in [-0.05, 0) is 63.2 Å². The molecule has 3 heterocycles. The van der Waals surface area contributed by atoms with Gasteiger partial charge in [0.1, 0.15) is 0 Å². The van der Waals surface area contributed by atoms with Gasteiger partial charge < -0.3 is 19.7 Å². The molecule has 0 radical (unpaired) electrons. The number of nitrogens with one attached hydrogen (secondary N) is 1. The van der Waals surface area contributed by atoms with Crippen LogP contribution in [0.15, 0.2) is 16.9 Å². The van der Waals surface area contributed by atoms with Crippen molar-refractivity contribution < 1.29 is 14.6 Å². The first-order valence-corrected chi connectivity index (χ1v) is 10.1. The summed E-state index contributed by atoms with van der Waals surface area (Å²) in [5.41, 5.74) is 2.48. The third kappa shape index (κ3) is 3.43. The molecule has 6 nitrogen and oxygen atoms in total. The van der Waals surface area contributed by atoms with Crippen LogP contribution >= 0.6 is 0 Å². The van der Waals surface area contributed by atoms with E-state index in [0.717, 1.165) is 50.8 Å². The van der Waals surface area contributed by atoms with Gasteiger partial charge in [-0.1, -0.05) is 12.8 Å². The van der Waals surface area contributed by atoms with Gasteiger partial charge in [-0.15, -0.1) is 0 Å².